The molecule has 0 amide bonds. The summed E-state index contributed by atoms with van der Waals surface area (Å²) >= 11 is 0. The van der Waals surface area contributed by atoms with Gasteiger partial charge in [0.25, 0.3) is 0 Å². The molecule has 19 heavy (non-hydrogen) atoms. The van der Waals surface area contributed by atoms with Crippen LogP contribution in [0.5, 0.6) is 0 Å². The molecule has 0 radical (unpaired) electrons. The maximum Gasteiger partial charge on any atom is 0.414 e. The fraction of sp³-hybridized carbons (Fsp3) is 0.923. The van der Waals surface area contributed by atoms with Crippen LogP contribution in [-0.2, 0) is 4.74 Å². The molecule has 0 aromatic heterocycles. The molecule has 0 aliphatic carbocycles. The number of alkyl halides is 3. The second kappa shape index (κ2) is 7.71. The van der Waals surface area contributed by atoms with Gasteiger partial charge in [-0.3, -0.25) is 5.32 Å². The van der Waals surface area contributed by atoms with E-state index in [1.54, 1.807) is 0 Å². The van der Waals surface area contributed by atoms with Gasteiger partial charge in [-0.15, -0.1) is 0 Å². The molecular formula is C13H23F3N2O. The average molecular weight is 280 g/mol. The van der Waals surface area contributed by atoms with E-state index in [9.17, 15) is 18.4 Å². The second-order valence-corrected chi connectivity index (χ2v) is 5.00. The smallest absolute Gasteiger partial charge is 0.369 e. The van der Waals surface area contributed by atoms with Crippen molar-refractivity contribution in [3.63, 3.8) is 0 Å². The molecule has 0 spiro atoms. The molecule has 3 nitrogen and oxygen atoms in total. The van der Waals surface area contributed by atoms with Crippen molar-refractivity contribution in [3.05, 3.63) is 0 Å². The predicted octanol–water partition coefficient (Wildman–Crippen LogP) is 3.40. The van der Waals surface area contributed by atoms with Crippen molar-refractivity contribution in [2.24, 2.45) is 0 Å². The minimum atomic E-state index is -4.33. The van der Waals surface area contributed by atoms with Crippen molar-refractivity contribution in [1.82, 2.24) is 5.32 Å². The van der Waals surface area contributed by atoms with Crippen LogP contribution in [0.3, 0.4) is 0 Å². The minimum Gasteiger partial charge on any atom is -0.369 e. The Labute approximate surface area is 113 Å². The Bertz CT molecular complexity index is 299. The molecule has 112 valence electrons. The lowest BCUT2D eigenvalue weighted by atomic mass is 9.91. The Kier molecular flexibility index (Phi) is 7.38. The van der Waals surface area contributed by atoms with Crippen molar-refractivity contribution in [1.29, 1.82) is 5.26 Å². The van der Waals surface area contributed by atoms with Crippen molar-refractivity contribution in [2.75, 3.05) is 6.61 Å². The molecule has 0 saturated carbocycles. The van der Waals surface area contributed by atoms with E-state index >= 15 is 0 Å². The molecule has 0 aromatic rings. The van der Waals surface area contributed by atoms with Crippen molar-refractivity contribution in [3.8, 4) is 6.07 Å². The summed E-state index contributed by atoms with van der Waals surface area (Å²) in [6, 6.07) is 2.37. The summed E-state index contributed by atoms with van der Waals surface area (Å²) in [6.45, 7) is 6.75. The molecule has 0 bridgehead atoms. The van der Waals surface area contributed by atoms with E-state index in [-0.39, 0.29) is 12.6 Å². The molecule has 0 aliphatic heterocycles. The number of nitrogens with zero attached hydrogens (tertiary/aromatic N) is 1. The third kappa shape index (κ3) is 6.79. The van der Waals surface area contributed by atoms with Crippen LogP contribution < -0.4 is 5.32 Å². The van der Waals surface area contributed by atoms with Gasteiger partial charge in [-0.05, 0) is 40.0 Å². The Morgan fingerprint density at radius 2 is 1.84 bits per heavy atom. The largest absolute Gasteiger partial charge is 0.414 e. The van der Waals surface area contributed by atoms with E-state index < -0.39 is 17.8 Å². The zero-order valence-electron chi connectivity index (χ0n) is 12.0. The second-order valence-electron chi connectivity index (χ2n) is 5.00. The summed E-state index contributed by atoms with van der Waals surface area (Å²) < 4.78 is 41.4. The van der Waals surface area contributed by atoms with Crippen molar-refractivity contribution < 1.29 is 17.9 Å². The molecule has 0 saturated heterocycles. The Morgan fingerprint density at radius 1 is 1.26 bits per heavy atom. The van der Waals surface area contributed by atoms with Gasteiger partial charge in [0.15, 0.2) is 6.10 Å². The molecule has 6 heteroatoms. The van der Waals surface area contributed by atoms with Crippen LogP contribution in [-0.4, -0.2) is 30.5 Å². The number of hydrogen-bond acceptors (Lipinski definition) is 3. The summed E-state index contributed by atoms with van der Waals surface area (Å²) in [7, 11) is 0. The molecule has 0 aromatic carbocycles. The predicted molar refractivity (Wildman–Crippen MR) is 67.6 cm³/mol. The minimum absolute atomic E-state index is 0.00385. The summed E-state index contributed by atoms with van der Waals surface area (Å²) in [4.78, 5) is 0. The number of nitrogens with one attached hydrogen (secondary N) is 1. The van der Waals surface area contributed by atoms with E-state index in [4.69, 9.17) is 4.74 Å². The topological polar surface area (TPSA) is 45.0 Å². The third-order valence-electron chi connectivity index (χ3n) is 2.96. The van der Waals surface area contributed by atoms with Gasteiger partial charge < -0.3 is 4.74 Å². The molecule has 0 aliphatic rings. The lowest BCUT2D eigenvalue weighted by Crippen LogP contribution is -2.47. The third-order valence-corrected chi connectivity index (χ3v) is 2.96. The first-order chi connectivity index (χ1) is 8.67. The normalized spacial score (nSPS) is 17.0. The van der Waals surface area contributed by atoms with Gasteiger partial charge in [0.1, 0.15) is 5.54 Å². The number of hydrogen-bond donors (Lipinski definition) is 1. The first-order valence-corrected chi connectivity index (χ1v) is 6.54. The number of nitriles is 1. The highest BCUT2D eigenvalue weighted by Crippen LogP contribution is 2.23. The highest BCUT2D eigenvalue weighted by Gasteiger charge is 2.37. The first kappa shape index (κ1) is 18.2. The molecule has 2 unspecified atom stereocenters. The van der Waals surface area contributed by atoms with Crippen LogP contribution in [0.25, 0.3) is 0 Å². The van der Waals surface area contributed by atoms with Gasteiger partial charge in [0, 0.05) is 12.6 Å². The Hall–Kier alpha value is -0.800. The monoisotopic (exact) mass is 280 g/mol. The van der Waals surface area contributed by atoms with E-state index in [0.29, 0.717) is 19.3 Å². The molecule has 2 atom stereocenters. The summed E-state index contributed by atoms with van der Waals surface area (Å²) in [5, 5.41) is 12.4. The zero-order valence-corrected chi connectivity index (χ0v) is 12.0. The Morgan fingerprint density at radius 3 is 2.21 bits per heavy atom. The fourth-order valence-corrected chi connectivity index (χ4v) is 1.80. The highest BCUT2D eigenvalue weighted by molar-refractivity contribution is 5.06. The van der Waals surface area contributed by atoms with Gasteiger partial charge in [0.05, 0.1) is 6.07 Å². The van der Waals surface area contributed by atoms with Gasteiger partial charge in [-0.25, -0.2) is 0 Å². The Balaban J connectivity index is 4.19. The summed E-state index contributed by atoms with van der Waals surface area (Å²) in [6.07, 6.45) is -4.59. The van der Waals surface area contributed by atoms with Crippen LogP contribution in [0, 0.1) is 11.3 Å². The van der Waals surface area contributed by atoms with Crippen molar-refractivity contribution in [2.45, 2.75) is 70.8 Å². The van der Waals surface area contributed by atoms with Gasteiger partial charge in [-0.1, -0.05) is 6.92 Å². The van der Waals surface area contributed by atoms with Gasteiger partial charge in [-0.2, -0.15) is 18.4 Å². The summed E-state index contributed by atoms with van der Waals surface area (Å²) in [5.41, 5.74) is -0.682. The van der Waals surface area contributed by atoms with Crippen LogP contribution in [0.4, 0.5) is 13.2 Å². The molecule has 1 N–H and O–H groups in total. The average Bonchev–Trinajstić information content (AvgIpc) is 2.31. The first-order valence-electron chi connectivity index (χ1n) is 6.54. The van der Waals surface area contributed by atoms with Crippen LogP contribution in [0.2, 0.25) is 0 Å². The van der Waals surface area contributed by atoms with Gasteiger partial charge in [0.2, 0.25) is 0 Å². The highest BCUT2D eigenvalue weighted by atomic mass is 19.4. The van der Waals surface area contributed by atoms with Crippen LogP contribution >= 0.6 is 0 Å². The summed E-state index contributed by atoms with van der Waals surface area (Å²) in [5.74, 6) is 0. The SMILES string of the molecule is CCC(C#N)(CCCOC(C)C(F)(F)F)NC(C)C. The van der Waals surface area contributed by atoms with Crippen molar-refractivity contribution >= 4 is 0 Å². The molecular weight excluding hydrogens is 257 g/mol. The van der Waals surface area contributed by atoms with E-state index in [1.807, 2.05) is 20.8 Å². The lowest BCUT2D eigenvalue weighted by molar-refractivity contribution is -0.214. The molecule has 0 fully saturated rings. The van der Waals surface area contributed by atoms with Crippen LogP contribution in [0.1, 0.15) is 47.0 Å². The van der Waals surface area contributed by atoms with Crippen LogP contribution in [0.15, 0.2) is 0 Å². The van der Waals surface area contributed by atoms with E-state index in [0.717, 1.165) is 6.92 Å². The van der Waals surface area contributed by atoms with E-state index in [1.165, 1.54) is 0 Å². The molecule has 0 rings (SSSR count). The van der Waals surface area contributed by atoms with Gasteiger partial charge >= 0.3 is 6.18 Å². The molecule has 0 heterocycles. The van der Waals surface area contributed by atoms with E-state index in [2.05, 4.69) is 11.4 Å². The number of halogens is 3. The lowest BCUT2D eigenvalue weighted by Gasteiger charge is -2.29. The fourth-order valence-electron chi connectivity index (χ4n) is 1.80. The standard InChI is InChI=1S/C13H23F3N2O/c1-5-12(9-17,18-10(2)3)7-6-8-19-11(4)13(14,15)16/h10-11,18H,5-8H2,1-4H3. The quantitative estimate of drug-likeness (QED) is 0.693. The zero-order chi connectivity index (χ0) is 15.1. The number of rotatable bonds is 8. The number of ether oxygens (including phenoxy) is 1. The maximum absolute atomic E-state index is 12.2. The maximum atomic E-state index is 12.2.